The minimum absolute atomic E-state index is 0.0329. The Hall–Kier alpha value is -0.950. The van der Waals surface area contributed by atoms with Crippen molar-refractivity contribution in [2.24, 2.45) is 0 Å². The number of hydrogen-bond donors (Lipinski definition) is 0. The molecule has 0 N–H and O–H groups in total. The van der Waals surface area contributed by atoms with E-state index in [1.165, 1.54) is 12.1 Å². The smallest absolute Gasteiger partial charge is 0.141 e. The third kappa shape index (κ3) is 2.25. The van der Waals surface area contributed by atoms with Crippen LogP contribution in [0.15, 0.2) is 16.6 Å². The zero-order valence-corrected chi connectivity index (χ0v) is 8.24. The second-order valence-electron chi connectivity index (χ2n) is 2.47. The third-order valence-electron chi connectivity index (χ3n) is 1.62. The second-order valence-corrected chi connectivity index (χ2v) is 3.33. The average molecular weight is 246 g/mol. The zero-order valence-electron chi connectivity index (χ0n) is 6.65. The van der Waals surface area contributed by atoms with Gasteiger partial charge in [-0.25, -0.2) is 4.39 Å². The van der Waals surface area contributed by atoms with Crippen LogP contribution in [0.25, 0.3) is 0 Å². The lowest BCUT2D eigenvalue weighted by Crippen LogP contribution is -1.93. The van der Waals surface area contributed by atoms with Crippen molar-refractivity contribution < 1.29 is 8.78 Å². The van der Waals surface area contributed by atoms with Crippen molar-refractivity contribution in [1.82, 2.24) is 0 Å². The highest BCUT2D eigenvalue weighted by Crippen LogP contribution is 2.21. The van der Waals surface area contributed by atoms with Crippen molar-refractivity contribution in [3.63, 3.8) is 0 Å². The molecule has 0 atom stereocenters. The van der Waals surface area contributed by atoms with Gasteiger partial charge in [0.1, 0.15) is 11.9 Å². The molecule has 0 saturated heterocycles. The third-order valence-corrected chi connectivity index (χ3v) is 2.36. The molecule has 1 nitrogen and oxygen atoms in total. The molecular formula is C9H6BrF2N. The maximum Gasteiger partial charge on any atom is 0.141 e. The summed E-state index contributed by atoms with van der Waals surface area (Å²) in [6.07, 6.45) is 0.156. The first-order valence-corrected chi connectivity index (χ1v) is 4.42. The lowest BCUT2D eigenvalue weighted by molar-refractivity contribution is 0.493. The number of aryl methyl sites for hydroxylation is 1. The molecule has 0 aliphatic rings. The van der Waals surface area contributed by atoms with E-state index in [9.17, 15) is 8.78 Å². The van der Waals surface area contributed by atoms with E-state index in [0.717, 1.165) is 0 Å². The Kier molecular flexibility index (Phi) is 3.38. The summed E-state index contributed by atoms with van der Waals surface area (Å²) in [7, 11) is 0. The van der Waals surface area contributed by atoms with Gasteiger partial charge in [0.05, 0.1) is 12.2 Å². The van der Waals surface area contributed by atoms with Crippen LogP contribution in [0.5, 0.6) is 0 Å². The van der Waals surface area contributed by atoms with Crippen molar-refractivity contribution in [2.75, 3.05) is 6.67 Å². The van der Waals surface area contributed by atoms with E-state index in [-0.39, 0.29) is 12.0 Å². The number of halogens is 3. The minimum atomic E-state index is -0.603. The first-order valence-electron chi connectivity index (χ1n) is 3.63. The molecule has 13 heavy (non-hydrogen) atoms. The van der Waals surface area contributed by atoms with Crippen LogP contribution in [0, 0.1) is 17.1 Å². The number of nitriles is 1. The maximum absolute atomic E-state index is 13.0. The van der Waals surface area contributed by atoms with E-state index in [1.807, 2.05) is 0 Å². The Labute approximate surface area is 83.1 Å². The van der Waals surface area contributed by atoms with Crippen LogP contribution in [0.4, 0.5) is 8.78 Å². The van der Waals surface area contributed by atoms with Gasteiger partial charge in [-0.15, -0.1) is 0 Å². The first-order chi connectivity index (χ1) is 6.19. The van der Waals surface area contributed by atoms with Gasteiger partial charge in [-0.2, -0.15) is 5.26 Å². The van der Waals surface area contributed by atoms with Gasteiger partial charge in [0.2, 0.25) is 0 Å². The van der Waals surface area contributed by atoms with Gasteiger partial charge in [0.25, 0.3) is 0 Å². The van der Waals surface area contributed by atoms with E-state index in [4.69, 9.17) is 5.26 Å². The molecule has 0 heterocycles. The van der Waals surface area contributed by atoms with Crippen LogP contribution in [0.3, 0.4) is 0 Å². The minimum Gasteiger partial charge on any atom is -0.251 e. The lowest BCUT2D eigenvalue weighted by Gasteiger charge is -2.02. The van der Waals surface area contributed by atoms with Crippen LogP contribution in [-0.4, -0.2) is 6.67 Å². The van der Waals surface area contributed by atoms with Gasteiger partial charge in [0, 0.05) is 10.9 Å². The van der Waals surface area contributed by atoms with Gasteiger partial charge in [-0.05, 0) is 17.7 Å². The summed E-state index contributed by atoms with van der Waals surface area (Å²) < 4.78 is 25.5. The Morgan fingerprint density at radius 2 is 2.15 bits per heavy atom. The molecule has 0 bridgehead atoms. The number of benzene rings is 1. The summed E-state index contributed by atoms with van der Waals surface area (Å²) in [6.45, 7) is -0.538. The zero-order chi connectivity index (χ0) is 9.84. The fraction of sp³-hybridized carbons (Fsp3) is 0.222. The molecule has 0 amide bonds. The van der Waals surface area contributed by atoms with E-state index >= 15 is 0 Å². The van der Waals surface area contributed by atoms with Crippen molar-refractivity contribution >= 4 is 15.9 Å². The van der Waals surface area contributed by atoms with Crippen molar-refractivity contribution in [3.05, 3.63) is 33.5 Å². The normalized spacial score (nSPS) is 9.69. The van der Waals surface area contributed by atoms with E-state index < -0.39 is 12.5 Å². The number of hydrogen-bond acceptors (Lipinski definition) is 1. The largest absolute Gasteiger partial charge is 0.251 e. The van der Waals surface area contributed by atoms with Gasteiger partial charge in [0.15, 0.2) is 0 Å². The molecule has 0 spiro atoms. The summed E-state index contributed by atoms with van der Waals surface area (Å²) >= 11 is 3.14. The molecule has 4 heteroatoms. The Bertz CT molecular complexity index is 357. The van der Waals surface area contributed by atoms with E-state index in [0.29, 0.717) is 10.0 Å². The fourth-order valence-electron chi connectivity index (χ4n) is 0.967. The molecular weight excluding hydrogens is 240 g/mol. The van der Waals surface area contributed by atoms with Crippen LogP contribution in [0.1, 0.15) is 11.1 Å². The molecule has 0 radical (unpaired) electrons. The molecule has 68 valence electrons. The van der Waals surface area contributed by atoms with E-state index in [1.54, 1.807) is 6.07 Å². The summed E-state index contributed by atoms with van der Waals surface area (Å²) in [5.41, 5.74) is 0.508. The second kappa shape index (κ2) is 4.33. The molecule has 0 unspecified atom stereocenters. The molecule has 1 aromatic carbocycles. The predicted octanol–water partition coefficient (Wildman–Crippen LogP) is 2.97. The molecule has 0 fully saturated rings. The Balaban J connectivity index is 3.14. The van der Waals surface area contributed by atoms with Crippen LogP contribution in [0.2, 0.25) is 0 Å². The topological polar surface area (TPSA) is 23.8 Å². The highest BCUT2D eigenvalue weighted by molar-refractivity contribution is 9.10. The van der Waals surface area contributed by atoms with Crippen LogP contribution in [-0.2, 0) is 6.42 Å². The Morgan fingerprint density at radius 3 is 2.69 bits per heavy atom. The van der Waals surface area contributed by atoms with Crippen molar-refractivity contribution in [1.29, 1.82) is 5.26 Å². The fourth-order valence-corrected chi connectivity index (χ4v) is 1.51. The van der Waals surface area contributed by atoms with Crippen molar-refractivity contribution in [2.45, 2.75) is 6.42 Å². The highest BCUT2D eigenvalue weighted by Gasteiger charge is 2.07. The van der Waals surface area contributed by atoms with Crippen LogP contribution < -0.4 is 0 Å². The number of rotatable bonds is 2. The standard InChI is InChI=1S/C9H6BrF2N/c10-8-3-7(5-13)9(12)4-6(8)1-2-11/h3-4H,1-2H2. The predicted molar refractivity (Wildman–Crippen MR) is 48.5 cm³/mol. The molecule has 1 rings (SSSR count). The highest BCUT2D eigenvalue weighted by atomic mass is 79.9. The van der Waals surface area contributed by atoms with Gasteiger partial charge >= 0.3 is 0 Å². The van der Waals surface area contributed by atoms with Crippen LogP contribution >= 0.6 is 15.9 Å². The molecule has 0 aliphatic heterocycles. The molecule has 0 saturated carbocycles. The monoisotopic (exact) mass is 245 g/mol. The molecule has 0 aromatic heterocycles. The number of nitrogens with zero attached hydrogens (tertiary/aromatic N) is 1. The first kappa shape index (κ1) is 10.1. The number of alkyl halides is 1. The summed E-state index contributed by atoms with van der Waals surface area (Å²) in [5.74, 6) is -0.603. The SMILES string of the molecule is N#Cc1cc(Br)c(CCF)cc1F. The summed E-state index contributed by atoms with van der Waals surface area (Å²) in [5, 5.41) is 8.48. The van der Waals surface area contributed by atoms with Gasteiger partial charge < -0.3 is 0 Å². The summed E-state index contributed by atoms with van der Waals surface area (Å²) in [6, 6.07) is 4.25. The van der Waals surface area contributed by atoms with Gasteiger partial charge in [-0.1, -0.05) is 15.9 Å². The Morgan fingerprint density at radius 1 is 1.46 bits per heavy atom. The van der Waals surface area contributed by atoms with E-state index in [2.05, 4.69) is 15.9 Å². The molecule has 0 aliphatic carbocycles. The van der Waals surface area contributed by atoms with Gasteiger partial charge in [-0.3, -0.25) is 4.39 Å². The van der Waals surface area contributed by atoms with Crippen molar-refractivity contribution in [3.8, 4) is 6.07 Å². The lowest BCUT2D eigenvalue weighted by atomic mass is 10.1. The quantitative estimate of drug-likeness (QED) is 0.786. The average Bonchev–Trinajstić information content (AvgIpc) is 2.11. The summed E-state index contributed by atoms with van der Waals surface area (Å²) in [4.78, 5) is 0. The molecule has 1 aromatic rings. The maximum atomic E-state index is 13.0.